The first-order chi connectivity index (χ1) is 15.2. The first kappa shape index (κ1) is 25.6. The third kappa shape index (κ3) is 5.05. The molecule has 174 valence electrons. The lowest BCUT2D eigenvalue weighted by Crippen LogP contribution is -2.44. The molecule has 32 heavy (non-hydrogen) atoms. The lowest BCUT2D eigenvalue weighted by atomic mass is 9.99. The molecule has 2 aromatic rings. The molecular formula is C24H31ClN2O5. The number of Topliss-reactive ketones (excluding diaryl/α,β-unsaturated/α-hetero) is 1. The van der Waals surface area contributed by atoms with Crippen LogP contribution in [-0.4, -0.2) is 60.5 Å². The zero-order valence-corrected chi connectivity index (χ0v) is 20.3. The van der Waals surface area contributed by atoms with Gasteiger partial charge in [0.2, 0.25) is 0 Å². The number of halogens is 1. The number of ether oxygens (including phenoxy) is 2. The molecule has 1 heterocycles. The number of carbonyl (C=O) groups is 3. The average molecular weight is 463 g/mol. The number of nitrogens with zero attached hydrogens (tertiary/aromatic N) is 2. The van der Waals surface area contributed by atoms with E-state index in [1.807, 2.05) is 6.92 Å². The summed E-state index contributed by atoms with van der Waals surface area (Å²) >= 11 is 6.26. The van der Waals surface area contributed by atoms with Gasteiger partial charge in [0.1, 0.15) is 5.69 Å². The summed E-state index contributed by atoms with van der Waals surface area (Å²) in [5.74, 6) is -1.07. The largest absolute Gasteiger partial charge is 0.464 e. The second-order valence-corrected chi connectivity index (χ2v) is 7.94. The molecule has 0 fully saturated rings. The number of esters is 1. The molecule has 7 nitrogen and oxygen atoms in total. The number of hydrogen-bond donors (Lipinski definition) is 0. The Labute approximate surface area is 194 Å². The summed E-state index contributed by atoms with van der Waals surface area (Å²) < 4.78 is 11.8. The summed E-state index contributed by atoms with van der Waals surface area (Å²) in [6.45, 7) is 8.41. The van der Waals surface area contributed by atoms with Crippen molar-refractivity contribution in [2.75, 3.05) is 27.4 Å². The summed E-state index contributed by atoms with van der Waals surface area (Å²) in [6, 6.07) is 6.00. The molecular weight excluding hydrogens is 432 g/mol. The van der Waals surface area contributed by atoms with Crippen molar-refractivity contribution in [2.24, 2.45) is 0 Å². The van der Waals surface area contributed by atoms with Gasteiger partial charge in [0.15, 0.2) is 5.78 Å². The fourth-order valence-electron chi connectivity index (χ4n) is 4.00. The van der Waals surface area contributed by atoms with E-state index >= 15 is 0 Å². The van der Waals surface area contributed by atoms with Gasteiger partial charge in [-0.15, -0.1) is 0 Å². The highest BCUT2D eigenvalue weighted by molar-refractivity contribution is 6.33. The summed E-state index contributed by atoms with van der Waals surface area (Å²) in [4.78, 5) is 40.9. The Morgan fingerprint density at radius 3 is 2.38 bits per heavy atom. The van der Waals surface area contributed by atoms with Crippen molar-refractivity contribution in [1.29, 1.82) is 0 Å². The van der Waals surface area contributed by atoms with Crippen molar-refractivity contribution in [3.8, 4) is 0 Å². The van der Waals surface area contributed by atoms with E-state index in [0.717, 1.165) is 0 Å². The molecule has 0 saturated carbocycles. The quantitative estimate of drug-likeness (QED) is 0.298. The summed E-state index contributed by atoms with van der Waals surface area (Å²) in [5.41, 5.74) is 2.34. The summed E-state index contributed by atoms with van der Waals surface area (Å²) in [7, 11) is 2.90. The van der Waals surface area contributed by atoms with E-state index in [2.05, 4.69) is 0 Å². The van der Waals surface area contributed by atoms with Gasteiger partial charge in [-0.05, 0) is 51.8 Å². The number of amides is 1. The number of benzene rings is 1. The van der Waals surface area contributed by atoms with Crippen LogP contribution >= 0.6 is 11.6 Å². The van der Waals surface area contributed by atoms with Crippen molar-refractivity contribution in [3.63, 3.8) is 0 Å². The molecule has 0 radical (unpaired) electrons. The van der Waals surface area contributed by atoms with Gasteiger partial charge in [0, 0.05) is 38.1 Å². The molecule has 0 saturated heterocycles. The molecule has 0 aliphatic carbocycles. The molecule has 1 aromatic carbocycles. The Hall–Kier alpha value is -2.64. The Balaban J connectivity index is 2.50. The van der Waals surface area contributed by atoms with Gasteiger partial charge in [-0.3, -0.25) is 9.59 Å². The molecule has 2 rings (SSSR count). The van der Waals surface area contributed by atoms with Crippen LogP contribution in [0.3, 0.4) is 0 Å². The van der Waals surface area contributed by atoms with E-state index in [1.165, 1.54) is 12.0 Å². The molecule has 0 N–H and O–H groups in total. The maximum absolute atomic E-state index is 13.6. The molecule has 1 atom stereocenters. The molecule has 1 amide bonds. The Bertz CT molecular complexity index is 999. The normalized spacial score (nSPS) is 11.8. The highest BCUT2D eigenvalue weighted by Gasteiger charge is 2.33. The van der Waals surface area contributed by atoms with Crippen LogP contribution in [0.5, 0.6) is 0 Å². The van der Waals surface area contributed by atoms with Crippen molar-refractivity contribution in [1.82, 2.24) is 9.47 Å². The third-order valence-electron chi connectivity index (χ3n) is 5.67. The van der Waals surface area contributed by atoms with E-state index < -0.39 is 12.0 Å². The first-order valence-electron chi connectivity index (χ1n) is 10.6. The van der Waals surface area contributed by atoms with Crippen molar-refractivity contribution < 1.29 is 23.9 Å². The van der Waals surface area contributed by atoms with Gasteiger partial charge in [-0.1, -0.05) is 23.7 Å². The van der Waals surface area contributed by atoms with Crippen LogP contribution in [0.4, 0.5) is 0 Å². The van der Waals surface area contributed by atoms with E-state index in [1.54, 1.807) is 56.7 Å². The van der Waals surface area contributed by atoms with E-state index in [0.29, 0.717) is 59.2 Å². The topological polar surface area (TPSA) is 77.8 Å². The molecule has 0 bridgehead atoms. The van der Waals surface area contributed by atoms with Gasteiger partial charge in [0.25, 0.3) is 5.91 Å². The lowest BCUT2D eigenvalue weighted by Gasteiger charge is -2.29. The number of methoxy groups -OCH3 is 2. The van der Waals surface area contributed by atoms with Crippen LogP contribution in [0, 0.1) is 13.8 Å². The van der Waals surface area contributed by atoms with Gasteiger partial charge in [-0.2, -0.15) is 0 Å². The van der Waals surface area contributed by atoms with Crippen LogP contribution in [0.15, 0.2) is 24.3 Å². The standard InChI is InChI=1S/C24H31ClN2O5/c1-7-26-16(3)20(15(2)21(26)24(30)32-6)22(28)17(4)27(13-10-14-31-5)23(29)18-11-8-9-12-19(18)25/h8-9,11-12,17H,7,10,13-14H2,1-6H3. The smallest absolute Gasteiger partial charge is 0.354 e. The Morgan fingerprint density at radius 1 is 1.16 bits per heavy atom. The van der Waals surface area contributed by atoms with Crippen LogP contribution in [0.1, 0.15) is 62.7 Å². The summed E-state index contributed by atoms with van der Waals surface area (Å²) in [5, 5.41) is 0.325. The molecule has 0 aliphatic heterocycles. The highest BCUT2D eigenvalue weighted by atomic mass is 35.5. The molecule has 1 unspecified atom stereocenters. The van der Waals surface area contributed by atoms with E-state index in [9.17, 15) is 14.4 Å². The van der Waals surface area contributed by atoms with Gasteiger partial charge < -0.3 is 18.9 Å². The molecule has 0 spiro atoms. The van der Waals surface area contributed by atoms with Gasteiger partial charge >= 0.3 is 5.97 Å². The fraction of sp³-hybridized carbons (Fsp3) is 0.458. The van der Waals surface area contributed by atoms with Crippen LogP contribution < -0.4 is 0 Å². The molecule has 1 aromatic heterocycles. The average Bonchev–Trinajstić information content (AvgIpc) is 3.04. The fourth-order valence-corrected chi connectivity index (χ4v) is 4.22. The second kappa shape index (κ2) is 11.3. The SMILES string of the molecule is CCn1c(C)c(C(=O)C(C)N(CCCOC)C(=O)c2ccccc2Cl)c(C)c1C(=O)OC. The second-order valence-electron chi connectivity index (χ2n) is 7.53. The van der Waals surface area contributed by atoms with Crippen molar-refractivity contribution in [2.45, 2.75) is 46.7 Å². The molecule has 0 aliphatic rings. The number of hydrogen-bond acceptors (Lipinski definition) is 5. The third-order valence-corrected chi connectivity index (χ3v) is 6.00. The predicted molar refractivity (Wildman–Crippen MR) is 124 cm³/mol. The number of aromatic nitrogens is 1. The van der Waals surface area contributed by atoms with E-state index in [-0.39, 0.29) is 11.7 Å². The Morgan fingerprint density at radius 2 is 1.81 bits per heavy atom. The first-order valence-corrected chi connectivity index (χ1v) is 11.0. The van der Waals surface area contributed by atoms with Gasteiger partial charge in [0.05, 0.1) is 23.7 Å². The number of rotatable bonds is 10. The zero-order chi connectivity index (χ0) is 24.0. The highest BCUT2D eigenvalue weighted by Crippen LogP contribution is 2.27. The lowest BCUT2D eigenvalue weighted by molar-refractivity contribution is 0.0585. The van der Waals surface area contributed by atoms with Gasteiger partial charge in [-0.25, -0.2) is 4.79 Å². The molecule has 8 heteroatoms. The van der Waals surface area contributed by atoms with Crippen molar-refractivity contribution in [3.05, 3.63) is 57.4 Å². The number of carbonyl (C=O) groups excluding carboxylic acids is 3. The minimum Gasteiger partial charge on any atom is -0.464 e. The van der Waals surface area contributed by atoms with Crippen LogP contribution in [0.2, 0.25) is 5.02 Å². The monoisotopic (exact) mass is 462 g/mol. The minimum atomic E-state index is -0.772. The predicted octanol–water partition coefficient (Wildman–Crippen LogP) is 4.31. The summed E-state index contributed by atoms with van der Waals surface area (Å²) in [6.07, 6.45) is 0.561. The maximum atomic E-state index is 13.6. The van der Waals surface area contributed by atoms with Crippen LogP contribution in [-0.2, 0) is 16.0 Å². The minimum absolute atomic E-state index is 0.241. The van der Waals surface area contributed by atoms with Crippen molar-refractivity contribution >= 4 is 29.3 Å². The maximum Gasteiger partial charge on any atom is 0.354 e. The number of ketones is 1. The van der Waals surface area contributed by atoms with Crippen LogP contribution in [0.25, 0.3) is 0 Å². The van der Waals surface area contributed by atoms with E-state index in [4.69, 9.17) is 21.1 Å². The Kier molecular flexibility index (Phi) is 9.04. The zero-order valence-electron chi connectivity index (χ0n) is 19.5.